The van der Waals surface area contributed by atoms with Gasteiger partial charge in [-0.1, -0.05) is 38.1 Å². The summed E-state index contributed by atoms with van der Waals surface area (Å²) in [5.41, 5.74) is 2.59. The summed E-state index contributed by atoms with van der Waals surface area (Å²) in [4.78, 5) is 4.61. The normalized spacial score (nSPS) is 21.9. The Bertz CT molecular complexity index is 385. The SMILES string of the molecule is CC1(C)C=CC(=Nc2ccccc2)CC1. The van der Waals surface area contributed by atoms with Crippen molar-refractivity contribution in [1.82, 2.24) is 0 Å². The van der Waals surface area contributed by atoms with Gasteiger partial charge in [0.2, 0.25) is 0 Å². The van der Waals surface area contributed by atoms with E-state index < -0.39 is 0 Å². The maximum atomic E-state index is 4.61. The quantitative estimate of drug-likeness (QED) is 0.644. The lowest BCUT2D eigenvalue weighted by molar-refractivity contribution is 0.442. The van der Waals surface area contributed by atoms with Gasteiger partial charge >= 0.3 is 0 Å². The first-order valence-corrected chi connectivity index (χ1v) is 5.48. The molecule has 0 saturated heterocycles. The Hall–Kier alpha value is -1.37. The summed E-state index contributed by atoms with van der Waals surface area (Å²) in [6.45, 7) is 4.53. The van der Waals surface area contributed by atoms with E-state index in [-0.39, 0.29) is 0 Å². The highest BCUT2D eigenvalue weighted by atomic mass is 14.7. The van der Waals surface area contributed by atoms with Gasteiger partial charge in [-0.15, -0.1) is 0 Å². The summed E-state index contributed by atoms with van der Waals surface area (Å²) >= 11 is 0. The van der Waals surface area contributed by atoms with Crippen LogP contribution < -0.4 is 0 Å². The first kappa shape index (κ1) is 10.2. The Morgan fingerprint density at radius 3 is 2.47 bits per heavy atom. The number of para-hydroxylation sites is 1. The molecule has 0 aromatic heterocycles. The average molecular weight is 199 g/mol. The molecule has 0 saturated carbocycles. The third-order valence-electron chi connectivity index (χ3n) is 2.78. The highest BCUT2D eigenvalue weighted by molar-refractivity contribution is 5.97. The van der Waals surface area contributed by atoms with E-state index in [1.807, 2.05) is 30.3 Å². The van der Waals surface area contributed by atoms with Crippen molar-refractivity contribution in [2.45, 2.75) is 26.7 Å². The van der Waals surface area contributed by atoms with Crippen LogP contribution in [0.5, 0.6) is 0 Å². The van der Waals surface area contributed by atoms with Crippen LogP contribution in [0.1, 0.15) is 26.7 Å². The molecule has 0 unspecified atom stereocenters. The van der Waals surface area contributed by atoms with Crippen molar-refractivity contribution in [2.24, 2.45) is 10.4 Å². The zero-order valence-electron chi connectivity index (χ0n) is 9.40. The molecule has 1 aromatic carbocycles. The lowest BCUT2D eigenvalue weighted by Gasteiger charge is -2.24. The monoisotopic (exact) mass is 199 g/mol. The van der Waals surface area contributed by atoms with E-state index in [9.17, 15) is 0 Å². The van der Waals surface area contributed by atoms with Crippen LogP contribution in [0.3, 0.4) is 0 Å². The Kier molecular flexibility index (Phi) is 2.72. The van der Waals surface area contributed by atoms with Crippen molar-refractivity contribution >= 4 is 11.4 Å². The van der Waals surface area contributed by atoms with Crippen LogP contribution in [-0.4, -0.2) is 5.71 Å². The Morgan fingerprint density at radius 2 is 1.87 bits per heavy atom. The second-order valence-electron chi connectivity index (χ2n) is 4.76. The molecular weight excluding hydrogens is 182 g/mol. The van der Waals surface area contributed by atoms with Crippen LogP contribution in [0.4, 0.5) is 5.69 Å². The fourth-order valence-corrected chi connectivity index (χ4v) is 1.70. The van der Waals surface area contributed by atoms with Crippen LogP contribution in [0.25, 0.3) is 0 Å². The molecule has 0 spiro atoms. The minimum atomic E-state index is 0.343. The summed E-state index contributed by atoms with van der Waals surface area (Å²) in [6, 6.07) is 10.1. The van der Waals surface area contributed by atoms with Gasteiger partial charge in [0.05, 0.1) is 5.69 Å². The molecule has 1 heteroatoms. The van der Waals surface area contributed by atoms with E-state index in [4.69, 9.17) is 0 Å². The summed E-state index contributed by atoms with van der Waals surface area (Å²) < 4.78 is 0. The lowest BCUT2D eigenvalue weighted by atomic mass is 9.82. The largest absolute Gasteiger partial charge is 0.253 e. The van der Waals surface area contributed by atoms with E-state index in [1.54, 1.807) is 0 Å². The van der Waals surface area contributed by atoms with Crippen molar-refractivity contribution in [3.8, 4) is 0 Å². The van der Waals surface area contributed by atoms with Crippen molar-refractivity contribution in [2.75, 3.05) is 0 Å². The number of hydrogen-bond acceptors (Lipinski definition) is 1. The third kappa shape index (κ3) is 2.79. The molecule has 1 aromatic rings. The van der Waals surface area contributed by atoms with E-state index in [2.05, 4.69) is 31.0 Å². The molecule has 2 rings (SSSR count). The molecule has 15 heavy (non-hydrogen) atoms. The van der Waals surface area contributed by atoms with Crippen molar-refractivity contribution in [3.05, 3.63) is 42.5 Å². The van der Waals surface area contributed by atoms with Gasteiger partial charge in [0, 0.05) is 5.71 Å². The second-order valence-corrected chi connectivity index (χ2v) is 4.76. The van der Waals surface area contributed by atoms with Gasteiger partial charge in [0.1, 0.15) is 0 Å². The standard InChI is InChI=1S/C14H17N/c1-14(2)10-8-13(9-11-14)15-12-6-4-3-5-7-12/h3-8,10H,9,11H2,1-2H3. The van der Waals surface area contributed by atoms with E-state index >= 15 is 0 Å². The summed E-state index contributed by atoms with van der Waals surface area (Å²) in [6.07, 6.45) is 6.70. The van der Waals surface area contributed by atoms with Gasteiger partial charge in [0.15, 0.2) is 0 Å². The van der Waals surface area contributed by atoms with Crippen molar-refractivity contribution in [3.63, 3.8) is 0 Å². The van der Waals surface area contributed by atoms with Gasteiger partial charge in [-0.05, 0) is 36.5 Å². The number of nitrogens with zero attached hydrogens (tertiary/aromatic N) is 1. The molecule has 0 radical (unpaired) electrons. The van der Waals surface area contributed by atoms with Crippen LogP contribution in [0.2, 0.25) is 0 Å². The third-order valence-corrected chi connectivity index (χ3v) is 2.78. The second kappa shape index (κ2) is 4.01. The molecule has 0 N–H and O–H groups in total. The molecule has 1 aliphatic rings. The van der Waals surface area contributed by atoms with Crippen molar-refractivity contribution in [1.29, 1.82) is 0 Å². The summed E-state index contributed by atoms with van der Waals surface area (Å²) in [7, 11) is 0. The molecule has 0 amide bonds. The fraction of sp³-hybridized carbons (Fsp3) is 0.357. The van der Waals surface area contributed by atoms with Crippen LogP contribution in [-0.2, 0) is 0 Å². The predicted molar refractivity (Wildman–Crippen MR) is 65.7 cm³/mol. The number of benzene rings is 1. The van der Waals surface area contributed by atoms with Gasteiger partial charge < -0.3 is 0 Å². The first-order chi connectivity index (χ1) is 7.16. The highest BCUT2D eigenvalue weighted by Crippen LogP contribution is 2.29. The highest BCUT2D eigenvalue weighted by Gasteiger charge is 2.18. The molecule has 0 atom stereocenters. The Labute approximate surface area is 91.6 Å². The molecule has 0 aliphatic heterocycles. The van der Waals surface area contributed by atoms with E-state index in [0.29, 0.717) is 5.41 Å². The van der Waals surface area contributed by atoms with Crippen molar-refractivity contribution < 1.29 is 0 Å². The average Bonchev–Trinajstić information content (AvgIpc) is 2.23. The van der Waals surface area contributed by atoms with Gasteiger partial charge in [-0.3, -0.25) is 4.99 Å². The van der Waals surface area contributed by atoms with E-state index in [1.165, 1.54) is 12.1 Å². The molecule has 0 bridgehead atoms. The van der Waals surface area contributed by atoms with Gasteiger partial charge in [-0.25, -0.2) is 0 Å². The van der Waals surface area contributed by atoms with Crippen LogP contribution in [0, 0.1) is 5.41 Å². The minimum Gasteiger partial charge on any atom is -0.253 e. The van der Waals surface area contributed by atoms with Crippen LogP contribution in [0.15, 0.2) is 47.5 Å². The first-order valence-electron chi connectivity index (χ1n) is 5.48. The van der Waals surface area contributed by atoms with Gasteiger partial charge in [0.25, 0.3) is 0 Å². The maximum Gasteiger partial charge on any atom is 0.0632 e. The Morgan fingerprint density at radius 1 is 1.13 bits per heavy atom. The minimum absolute atomic E-state index is 0.343. The molecule has 1 nitrogen and oxygen atoms in total. The molecule has 0 heterocycles. The summed E-state index contributed by atoms with van der Waals surface area (Å²) in [5.74, 6) is 0. The number of allylic oxidation sites excluding steroid dienone is 2. The molecule has 1 aliphatic carbocycles. The topological polar surface area (TPSA) is 12.4 Å². The smallest absolute Gasteiger partial charge is 0.0632 e. The number of hydrogen-bond donors (Lipinski definition) is 0. The zero-order valence-corrected chi connectivity index (χ0v) is 9.40. The zero-order chi connectivity index (χ0) is 10.7. The molecular formula is C14H17N. The number of rotatable bonds is 1. The lowest BCUT2D eigenvalue weighted by Crippen LogP contribution is -2.15. The molecule has 78 valence electrons. The summed E-state index contributed by atoms with van der Waals surface area (Å²) in [5, 5.41) is 0. The van der Waals surface area contributed by atoms with E-state index in [0.717, 1.165) is 12.1 Å². The maximum absolute atomic E-state index is 4.61. The molecule has 0 fully saturated rings. The predicted octanol–water partition coefficient (Wildman–Crippen LogP) is 4.14. The fourth-order valence-electron chi connectivity index (χ4n) is 1.70. The van der Waals surface area contributed by atoms with Crippen LogP contribution >= 0.6 is 0 Å². The number of aliphatic imine (C=N–C) groups is 1. The van der Waals surface area contributed by atoms with Gasteiger partial charge in [-0.2, -0.15) is 0 Å². The Balaban J connectivity index is 2.17.